The standard InChI is InChI=1S/C23H27NO5/c1-16-11-18-13-22(8-9-23(18)29-16)28-15-21(27)14-24-10-2-3-20(26)12-17-4-6-19(25)7-5-17/h4-9,11,13,21,24-25,27H,2-3,10,12,14-15H2,1H3. The lowest BCUT2D eigenvalue weighted by molar-refractivity contribution is -0.118. The van der Waals surface area contributed by atoms with Gasteiger partial charge in [-0.15, -0.1) is 0 Å². The third kappa shape index (κ3) is 6.62. The molecule has 0 aliphatic heterocycles. The van der Waals surface area contributed by atoms with E-state index in [1.54, 1.807) is 24.3 Å². The highest BCUT2D eigenvalue weighted by molar-refractivity contribution is 5.81. The summed E-state index contributed by atoms with van der Waals surface area (Å²) in [5, 5.41) is 23.4. The van der Waals surface area contributed by atoms with E-state index in [1.807, 2.05) is 31.2 Å². The fourth-order valence-corrected chi connectivity index (χ4v) is 3.10. The molecule has 154 valence electrons. The van der Waals surface area contributed by atoms with Gasteiger partial charge in [-0.1, -0.05) is 12.1 Å². The quantitative estimate of drug-likeness (QED) is 0.430. The molecule has 0 saturated carbocycles. The molecule has 1 atom stereocenters. The lowest BCUT2D eigenvalue weighted by atomic mass is 10.1. The molecule has 2 aromatic carbocycles. The molecule has 0 bridgehead atoms. The van der Waals surface area contributed by atoms with Gasteiger partial charge < -0.3 is 24.7 Å². The predicted molar refractivity (Wildman–Crippen MR) is 111 cm³/mol. The van der Waals surface area contributed by atoms with Crippen molar-refractivity contribution in [3.63, 3.8) is 0 Å². The summed E-state index contributed by atoms with van der Waals surface area (Å²) in [6.45, 7) is 3.14. The first-order valence-electron chi connectivity index (χ1n) is 9.81. The van der Waals surface area contributed by atoms with Crippen LogP contribution in [0.4, 0.5) is 0 Å². The summed E-state index contributed by atoms with van der Waals surface area (Å²) >= 11 is 0. The van der Waals surface area contributed by atoms with Crippen LogP contribution in [0.2, 0.25) is 0 Å². The summed E-state index contributed by atoms with van der Waals surface area (Å²) in [7, 11) is 0. The molecule has 0 fully saturated rings. The largest absolute Gasteiger partial charge is 0.508 e. The first-order valence-corrected chi connectivity index (χ1v) is 9.81. The van der Waals surface area contributed by atoms with Gasteiger partial charge in [0.05, 0.1) is 0 Å². The number of hydrogen-bond donors (Lipinski definition) is 3. The summed E-state index contributed by atoms with van der Waals surface area (Å²) in [4.78, 5) is 12.0. The van der Waals surface area contributed by atoms with Crippen molar-refractivity contribution in [1.82, 2.24) is 5.32 Å². The zero-order valence-electron chi connectivity index (χ0n) is 16.6. The molecule has 0 aliphatic rings. The molecule has 1 heterocycles. The van der Waals surface area contributed by atoms with E-state index in [9.17, 15) is 15.0 Å². The first-order chi connectivity index (χ1) is 14.0. The number of furan rings is 1. The van der Waals surface area contributed by atoms with Gasteiger partial charge in [0, 0.05) is 24.8 Å². The zero-order valence-corrected chi connectivity index (χ0v) is 16.6. The molecule has 0 aliphatic carbocycles. The Morgan fingerprint density at radius 1 is 1.17 bits per heavy atom. The molecule has 29 heavy (non-hydrogen) atoms. The Balaban J connectivity index is 1.28. The van der Waals surface area contributed by atoms with Crippen LogP contribution >= 0.6 is 0 Å². The maximum absolute atomic E-state index is 12.0. The number of carbonyl (C=O) groups is 1. The van der Waals surface area contributed by atoms with E-state index in [1.165, 1.54) is 0 Å². The monoisotopic (exact) mass is 397 g/mol. The minimum Gasteiger partial charge on any atom is -0.508 e. The zero-order chi connectivity index (χ0) is 20.6. The minimum absolute atomic E-state index is 0.159. The molecule has 0 saturated heterocycles. The predicted octanol–water partition coefficient (Wildman–Crippen LogP) is 3.37. The van der Waals surface area contributed by atoms with Crippen LogP contribution < -0.4 is 10.1 Å². The average Bonchev–Trinajstić information content (AvgIpc) is 3.07. The molecule has 1 unspecified atom stereocenters. The van der Waals surface area contributed by atoms with E-state index in [0.29, 0.717) is 38.1 Å². The lowest BCUT2D eigenvalue weighted by Gasteiger charge is -2.13. The Bertz CT molecular complexity index is 932. The summed E-state index contributed by atoms with van der Waals surface area (Å²) in [5.74, 6) is 1.90. The number of benzene rings is 2. The molecule has 0 amide bonds. The second-order valence-electron chi connectivity index (χ2n) is 7.21. The van der Waals surface area contributed by atoms with Crippen molar-refractivity contribution in [2.75, 3.05) is 19.7 Å². The van der Waals surface area contributed by atoms with Crippen molar-refractivity contribution in [2.45, 2.75) is 32.3 Å². The molecule has 3 rings (SSSR count). The summed E-state index contributed by atoms with van der Waals surface area (Å²) < 4.78 is 11.2. The Morgan fingerprint density at radius 2 is 1.97 bits per heavy atom. The lowest BCUT2D eigenvalue weighted by Crippen LogP contribution is -2.32. The highest BCUT2D eigenvalue weighted by atomic mass is 16.5. The third-order valence-corrected chi connectivity index (χ3v) is 4.58. The van der Waals surface area contributed by atoms with Crippen molar-refractivity contribution >= 4 is 16.8 Å². The number of aromatic hydroxyl groups is 1. The number of rotatable bonds is 11. The molecule has 6 heteroatoms. The number of fused-ring (bicyclic) bond motifs is 1. The molecule has 3 aromatic rings. The number of ether oxygens (including phenoxy) is 1. The van der Waals surface area contributed by atoms with Crippen molar-refractivity contribution < 1.29 is 24.2 Å². The topological polar surface area (TPSA) is 91.9 Å². The number of phenolic OH excluding ortho intramolecular Hbond substituents is 1. The van der Waals surface area contributed by atoms with Crippen molar-refractivity contribution in [3.05, 3.63) is 59.9 Å². The number of aliphatic hydroxyl groups is 1. The normalized spacial score (nSPS) is 12.2. The average molecular weight is 397 g/mol. The van der Waals surface area contributed by atoms with Gasteiger partial charge in [0.25, 0.3) is 0 Å². The van der Waals surface area contributed by atoms with E-state index in [-0.39, 0.29) is 18.1 Å². The summed E-state index contributed by atoms with van der Waals surface area (Å²) in [6.07, 6.45) is 0.924. The van der Waals surface area contributed by atoms with Crippen molar-refractivity contribution in [1.29, 1.82) is 0 Å². The number of nitrogens with one attached hydrogen (secondary N) is 1. The number of hydrogen-bond acceptors (Lipinski definition) is 6. The second-order valence-corrected chi connectivity index (χ2v) is 7.21. The molecular formula is C23H27NO5. The van der Waals surface area contributed by atoms with E-state index >= 15 is 0 Å². The number of phenols is 1. The Labute approximate surface area is 170 Å². The van der Waals surface area contributed by atoms with Gasteiger partial charge in [-0.05, 0) is 61.9 Å². The second kappa shape index (κ2) is 10.1. The van der Waals surface area contributed by atoms with Crippen LogP contribution in [0.5, 0.6) is 11.5 Å². The minimum atomic E-state index is -0.635. The highest BCUT2D eigenvalue weighted by Gasteiger charge is 2.08. The van der Waals surface area contributed by atoms with Gasteiger partial charge in [-0.3, -0.25) is 4.79 Å². The molecule has 3 N–H and O–H groups in total. The van der Waals surface area contributed by atoms with E-state index in [0.717, 1.165) is 22.3 Å². The van der Waals surface area contributed by atoms with Crippen LogP contribution in [0.3, 0.4) is 0 Å². The molecular weight excluding hydrogens is 370 g/mol. The Kier molecular flexibility index (Phi) is 7.27. The third-order valence-electron chi connectivity index (χ3n) is 4.58. The van der Waals surface area contributed by atoms with Crippen LogP contribution in [0.25, 0.3) is 11.0 Å². The number of aryl methyl sites for hydroxylation is 1. The van der Waals surface area contributed by atoms with Crippen LogP contribution in [0.1, 0.15) is 24.2 Å². The van der Waals surface area contributed by atoms with Crippen LogP contribution in [0.15, 0.2) is 52.9 Å². The highest BCUT2D eigenvalue weighted by Crippen LogP contribution is 2.24. The SMILES string of the molecule is Cc1cc2cc(OCC(O)CNCCCC(=O)Cc3ccc(O)cc3)ccc2o1. The smallest absolute Gasteiger partial charge is 0.137 e. The first kappa shape index (κ1) is 20.9. The summed E-state index contributed by atoms with van der Waals surface area (Å²) in [5.41, 5.74) is 1.72. The maximum Gasteiger partial charge on any atom is 0.137 e. The fourth-order valence-electron chi connectivity index (χ4n) is 3.10. The fraction of sp³-hybridized carbons (Fsp3) is 0.348. The number of carbonyl (C=O) groups excluding carboxylic acids is 1. The van der Waals surface area contributed by atoms with Crippen LogP contribution in [-0.2, 0) is 11.2 Å². The van der Waals surface area contributed by atoms with E-state index in [2.05, 4.69) is 5.32 Å². The Morgan fingerprint density at radius 3 is 2.76 bits per heavy atom. The maximum atomic E-state index is 12.0. The van der Waals surface area contributed by atoms with Gasteiger partial charge in [-0.25, -0.2) is 0 Å². The van der Waals surface area contributed by atoms with Gasteiger partial charge >= 0.3 is 0 Å². The molecule has 6 nitrogen and oxygen atoms in total. The Hall–Kier alpha value is -2.83. The van der Waals surface area contributed by atoms with E-state index in [4.69, 9.17) is 9.15 Å². The van der Waals surface area contributed by atoms with Crippen molar-refractivity contribution in [3.8, 4) is 11.5 Å². The van der Waals surface area contributed by atoms with Crippen LogP contribution in [-0.4, -0.2) is 41.8 Å². The summed E-state index contributed by atoms with van der Waals surface area (Å²) in [6, 6.07) is 14.2. The number of Topliss-reactive ketones (excluding diaryl/α,β-unsaturated/α-hetero) is 1. The number of ketones is 1. The van der Waals surface area contributed by atoms with Crippen molar-refractivity contribution in [2.24, 2.45) is 0 Å². The molecule has 0 spiro atoms. The van der Waals surface area contributed by atoms with E-state index < -0.39 is 6.10 Å². The molecule has 1 aromatic heterocycles. The van der Waals surface area contributed by atoms with Gasteiger partial charge in [0.2, 0.25) is 0 Å². The van der Waals surface area contributed by atoms with Gasteiger partial charge in [-0.2, -0.15) is 0 Å². The number of aliphatic hydroxyl groups excluding tert-OH is 1. The molecule has 0 radical (unpaired) electrons. The van der Waals surface area contributed by atoms with Gasteiger partial charge in [0.1, 0.15) is 41.3 Å². The van der Waals surface area contributed by atoms with Gasteiger partial charge in [0.15, 0.2) is 0 Å². The van der Waals surface area contributed by atoms with Crippen LogP contribution in [0, 0.1) is 6.92 Å².